The maximum Gasteiger partial charge on any atom is 0.228 e. The van der Waals surface area contributed by atoms with Crippen LogP contribution in [0.5, 0.6) is 0 Å². The van der Waals surface area contributed by atoms with E-state index < -0.39 is 0 Å². The summed E-state index contributed by atoms with van der Waals surface area (Å²) in [6.45, 7) is 7.75. The van der Waals surface area contributed by atoms with Crippen molar-refractivity contribution in [2.24, 2.45) is 5.92 Å². The van der Waals surface area contributed by atoms with Crippen LogP contribution in [0, 0.1) is 5.92 Å². The number of carbonyl (C=O) groups excluding carboxylic acids is 1. The van der Waals surface area contributed by atoms with Crippen molar-refractivity contribution in [2.45, 2.75) is 33.6 Å². The highest BCUT2D eigenvalue weighted by atomic mass is 16.1. The van der Waals surface area contributed by atoms with Crippen LogP contribution in [0.25, 0.3) is 0 Å². The van der Waals surface area contributed by atoms with Crippen LogP contribution in [0.4, 0.5) is 5.69 Å². The summed E-state index contributed by atoms with van der Waals surface area (Å²) in [5, 5.41) is 6.22. The molecule has 1 aromatic carbocycles. The molecule has 0 saturated carbocycles. The average molecular weight is 248 g/mol. The van der Waals surface area contributed by atoms with Gasteiger partial charge in [-0.2, -0.15) is 0 Å². The molecular weight excluding hydrogens is 224 g/mol. The molecule has 1 rings (SSSR count). The Labute approximate surface area is 110 Å². The maximum absolute atomic E-state index is 12.0. The number of amides is 1. The van der Waals surface area contributed by atoms with E-state index in [2.05, 4.69) is 23.6 Å². The summed E-state index contributed by atoms with van der Waals surface area (Å²) in [5.41, 5.74) is 2.16. The number of carbonyl (C=O) groups is 1. The Morgan fingerprint density at radius 3 is 2.67 bits per heavy atom. The maximum atomic E-state index is 12.0. The largest absolute Gasteiger partial charge is 0.326 e. The highest BCUT2D eigenvalue weighted by Crippen LogP contribution is 2.17. The molecule has 0 aliphatic rings. The number of benzene rings is 1. The van der Waals surface area contributed by atoms with Crippen LogP contribution in [0.3, 0.4) is 0 Å². The van der Waals surface area contributed by atoms with Gasteiger partial charge in [0.15, 0.2) is 0 Å². The van der Waals surface area contributed by atoms with Gasteiger partial charge >= 0.3 is 0 Å². The molecule has 0 aromatic heterocycles. The molecule has 0 bridgehead atoms. The SMILES string of the molecule is CCCc1ccccc1NC(=O)C(C)CNCC. The highest BCUT2D eigenvalue weighted by Gasteiger charge is 2.13. The van der Waals surface area contributed by atoms with Gasteiger partial charge in [-0.3, -0.25) is 4.79 Å². The van der Waals surface area contributed by atoms with Crippen LogP contribution in [-0.2, 0) is 11.2 Å². The summed E-state index contributed by atoms with van der Waals surface area (Å²) < 4.78 is 0. The zero-order valence-corrected chi connectivity index (χ0v) is 11.6. The molecule has 0 saturated heterocycles. The van der Waals surface area contributed by atoms with E-state index in [0.717, 1.165) is 31.6 Å². The quantitative estimate of drug-likeness (QED) is 0.779. The van der Waals surface area contributed by atoms with E-state index in [4.69, 9.17) is 0 Å². The first kappa shape index (κ1) is 14.7. The number of aryl methyl sites for hydroxylation is 1. The van der Waals surface area contributed by atoms with E-state index in [1.807, 2.05) is 32.0 Å². The van der Waals surface area contributed by atoms with Gasteiger partial charge < -0.3 is 10.6 Å². The third kappa shape index (κ3) is 4.49. The normalized spacial score (nSPS) is 12.2. The second kappa shape index (κ2) is 7.88. The van der Waals surface area contributed by atoms with Crippen molar-refractivity contribution in [3.63, 3.8) is 0 Å². The van der Waals surface area contributed by atoms with Crippen LogP contribution in [0.2, 0.25) is 0 Å². The Bertz CT molecular complexity index is 377. The third-order valence-electron chi connectivity index (χ3n) is 2.94. The first-order valence-electron chi connectivity index (χ1n) is 6.78. The second-order valence-corrected chi connectivity index (χ2v) is 4.61. The van der Waals surface area contributed by atoms with Gasteiger partial charge in [0, 0.05) is 18.2 Å². The Morgan fingerprint density at radius 1 is 1.28 bits per heavy atom. The van der Waals surface area contributed by atoms with Crippen molar-refractivity contribution in [3.05, 3.63) is 29.8 Å². The lowest BCUT2D eigenvalue weighted by atomic mass is 10.1. The van der Waals surface area contributed by atoms with Gasteiger partial charge in [-0.25, -0.2) is 0 Å². The van der Waals surface area contributed by atoms with Gasteiger partial charge in [0.05, 0.1) is 0 Å². The number of para-hydroxylation sites is 1. The first-order valence-corrected chi connectivity index (χ1v) is 6.78. The molecule has 2 N–H and O–H groups in total. The molecule has 1 aromatic rings. The van der Waals surface area contributed by atoms with Crippen molar-refractivity contribution in [1.82, 2.24) is 5.32 Å². The van der Waals surface area contributed by atoms with Crippen molar-refractivity contribution >= 4 is 11.6 Å². The molecule has 0 radical (unpaired) electrons. The lowest BCUT2D eigenvalue weighted by Gasteiger charge is -2.15. The van der Waals surface area contributed by atoms with Crippen LogP contribution in [0.1, 0.15) is 32.8 Å². The van der Waals surface area contributed by atoms with Gasteiger partial charge in [0.2, 0.25) is 5.91 Å². The predicted molar refractivity (Wildman–Crippen MR) is 76.8 cm³/mol. The molecule has 100 valence electrons. The molecule has 0 heterocycles. The van der Waals surface area contributed by atoms with Crippen molar-refractivity contribution in [2.75, 3.05) is 18.4 Å². The Balaban J connectivity index is 2.63. The minimum atomic E-state index is -0.0142. The number of hydrogen-bond donors (Lipinski definition) is 2. The Hall–Kier alpha value is -1.35. The van der Waals surface area contributed by atoms with Crippen LogP contribution in [-0.4, -0.2) is 19.0 Å². The predicted octanol–water partition coefficient (Wildman–Crippen LogP) is 2.82. The average Bonchev–Trinajstić information content (AvgIpc) is 2.38. The number of hydrogen-bond acceptors (Lipinski definition) is 2. The summed E-state index contributed by atoms with van der Waals surface area (Å²) in [5.74, 6) is 0.0686. The van der Waals surface area contributed by atoms with E-state index in [0.29, 0.717) is 0 Å². The fourth-order valence-electron chi connectivity index (χ4n) is 1.84. The molecular formula is C15H24N2O. The van der Waals surface area contributed by atoms with E-state index in [-0.39, 0.29) is 11.8 Å². The van der Waals surface area contributed by atoms with Crippen LogP contribution < -0.4 is 10.6 Å². The van der Waals surface area contributed by atoms with Crippen LogP contribution in [0.15, 0.2) is 24.3 Å². The first-order chi connectivity index (χ1) is 8.69. The fourth-order valence-corrected chi connectivity index (χ4v) is 1.84. The molecule has 18 heavy (non-hydrogen) atoms. The van der Waals surface area contributed by atoms with E-state index >= 15 is 0 Å². The zero-order chi connectivity index (χ0) is 13.4. The van der Waals surface area contributed by atoms with E-state index in [9.17, 15) is 4.79 Å². The third-order valence-corrected chi connectivity index (χ3v) is 2.94. The van der Waals surface area contributed by atoms with Gasteiger partial charge in [-0.05, 0) is 24.6 Å². The van der Waals surface area contributed by atoms with Gasteiger partial charge in [-0.1, -0.05) is 45.4 Å². The van der Waals surface area contributed by atoms with Gasteiger partial charge in [-0.15, -0.1) is 0 Å². The minimum Gasteiger partial charge on any atom is -0.326 e. The van der Waals surface area contributed by atoms with Gasteiger partial charge in [0.1, 0.15) is 0 Å². The number of rotatable bonds is 7. The summed E-state index contributed by atoms with van der Waals surface area (Å²) in [6, 6.07) is 8.03. The van der Waals surface area contributed by atoms with Gasteiger partial charge in [0.25, 0.3) is 0 Å². The standard InChI is InChI=1S/C15H24N2O/c1-4-8-13-9-6-7-10-14(13)17-15(18)12(3)11-16-5-2/h6-7,9-10,12,16H,4-5,8,11H2,1-3H3,(H,17,18). The van der Waals surface area contributed by atoms with Crippen molar-refractivity contribution in [3.8, 4) is 0 Å². The Kier molecular flexibility index (Phi) is 6.44. The molecule has 0 spiro atoms. The topological polar surface area (TPSA) is 41.1 Å². The van der Waals surface area contributed by atoms with Crippen molar-refractivity contribution < 1.29 is 4.79 Å². The molecule has 3 heteroatoms. The monoisotopic (exact) mass is 248 g/mol. The molecule has 0 fully saturated rings. The van der Waals surface area contributed by atoms with Crippen LogP contribution >= 0.6 is 0 Å². The Morgan fingerprint density at radius 2 is 2.00 bits per heavy atom. The number of nitrogens with one attached hydrogen (secondary N) is 2. The summed E-state index contributed by atoms with van der Waals surface area (Å²) in [7, 11) is 0. The molecule has 1 atom stereocenters. The smallest absolute Gasteiger partial charge is 0.228 e. The lowest BCUT2D eigenvalue weighted by molar-refractivity contribution is -0.119. The molecule has 0 aliphatic carbocycles. The van der Waals surface area contributed by atoms with Crippen molar-refractivity contribution in [1.29, 1.82) is 0 Å². The minimum absolute atomic E-state index is 0.0142. The zero-order valence-electron chi connectivity index (χ0n) is 11.6. The van der Waals surface area contributed by atoms with E-state index in [1.54, 1.807) is 0 Å². The highest BCUT2D eigenvalue weighted by molar-refractivity contribution is 5.93. The summed E-state index contributed by atoms with van der Waals surface area (Å²) in [6.07, 6.45) is 2.08. The fraction of sp³-hybridized carbons (Fsp3) is 0.533. The van der Waals surface area contributed by atoms with E-state index in [1.165, 1.54) is 5.56 Å². The lowest BCUT2D eigenvalue weighted by Crippen LogP contribution is -2.30. The molecule has 0 aliphatic heterocycles. The molecule has 1 unspecified atom stereocenters. The molecule has 3 nitrogen and oxygen atoms in total. The molecule has 1 amide bonds. The summed E-state index contributed by atoms with van der Waals surface area (Å²) in [4.78, 5) is 12.0. The summed E-state index contributed by atoms with van der Waals surface area (Å²) >= 11 is 0. The second-order valence-electron chi connectivity index (χ2n) is 4.61. The number of anilines is 1.